The summed E-state index contributed by atoms with van der Waals surface area (Å²) in [6.45, 7) is 0. The van der Waals surface area contributed by atoms with E-state index < -0.39 is 41.8 Å². The number of benzene rings is 1. The van der Waals surface area contributed by atoms with Crippen molar-refractivity contribution in [2.24, 2.45) is 0 Å². The Labute approximate surface area is 140 Å². The van der Waals surface area contributed by atoms with Gasteiger partial charge < -0.3 is 10.2 Å². The van der Waals surface area contributed by atoms with Gasteiger partial charge >= 0.3 is 5.51 Å². The van der Waals surface area contributed by atoms with E-state index in [4.69, 9.17) is 0 Å². The van der Waals surface area contributed by atoms with Crippen LogP contribution in [0.3, 0.4) is 0 Å². The van der Waals surface area contributed by atoms with E-state index in [-0.39, 0.29) is 21.9 Å². The molecule has 0 aliphatic heterocycles. The highest BCUT2D eigenvalue weighted by Gasteiger charge is 2.50. The molecule has 3 unspecified atom stereocenters. The van der Waals surface area contributed by atoms with E-state index in [0.29, 0.717) is 24.8 Å². The molecule has 0 amide bonds. The van der Waals surface area contributed by atoms with E-state index in [2.05, 4.69) is 0 Å². The average Bonchev–Trinajstić information content (AvgIpc) is 2.68. The summed E-state index contributed by atoms with van der Waals surface area (Å²) >= 11 is -0.476. The molecule has 1 aromatic carbocycles. The van der Waals surface area contributed by atoms with Crippen LogP contribution in [0.1, 0.15) is 54.4 Å². The molecule has 1 saturated carbocycles. The second-order valence-corrected chi connectivity index (χ2v) is 7.56. The molecule has 0 radical (unpaired) electrons. The maximum absolute atomic E-state index is 14.0. The van der Waals surface area contributed by atoms with Crippen molar-refractivity contribution < 1.29 is 32.2 Å². The Morgan fingerprint density at radius 1 is 1.12 bits per heavy atom. The van der Waals surface area contributed by atoms with Crippen molar-refractivity contribution in [3.63, 3.8) is 0 Å². The Bertz CT molecular complexity index is 632. The van der Waals surface area contributed by atoms with E-state index in [1.54, 1.807) is 0 Å². The minimum Gasteiger partial charge on any atom is -0.393 e. The Kier molecular flexibility index (Phi) is 4.59. The van der Waals surface area contributed by atoms with E-state index in [9.17, 15) is 32.2 Å². The second kappa shape index (κ2) is 6.14. The standard InChI is InChI=1S/C16H17F5O2S/c17-15(18)7-11-10(8-2-1-3-9(22)6-8)4-5-12(13(11)14(15)23)24-16(19,20)21/h4-5,8-9,14,22-23H,1-3,6-7H2. The van der Waals surface area contributed by atoms with Crippen molar-refractivity contribution in [2.75, 3.05) is 0 Å². The van der Waals surface area contributed by atoms with Crippen molar-refractivity contribution in [2.45, 2.75) is 66.6 Å². The van der Waals surface area contributed by atoms with Crippen molar-refractivity contribution in [1.82, 2.24) is 0 Å². The van der Waals surface area contributed by atoms with Crippen LogP contribution >= 0.6 is 11.8 Å². The number of hydrogen-bond acceptors (Lipinski definition) is 3. The lowest BCUT2D eigenvalue weighted by Crippen LogP contribution is -2.22. The Morgan fingerprint density at radius 2 is 1.83 bits per heavy atom. The third-order valence-corrected chi connectivity index (χ3v) is 5.56. The van der Waals surface area contributed by atoms with Gasteiger partial charge in [-0.1, -0.05) is 12.5 Å². The van der Waals surface area contributed by atoms with Gasteiger partial charge in [-0.15, -0.1) is 0 Å². The first-order valence-corrected chi connectivity index (χ1v) is 8.55. The van der Waals surface area contributed by atoms with Crippen molar-refractivity contribution in [1.29, 1.82) is 0 Å². The zero-order valence-corrected chi connectivity index (χ0v) is 13.4. The number of thioether (sulfide) groups is 1. The van der Waals surface area contributed by atoms with Crippen LogP contribution in [0.4, 0.5) is 22.0 Å². The summed E-state index contributed by atoms with van der Waals surface area (Å²) < 4.78 is 66.0. The predicted molar refractivity (Wildman–Crippen MR) is 79.2 cm³/mol. The molecule has 0 bridgehead atoms. The van der Waals surface area contributed by atoms with Gasteiger partial charge in [0, 0.05) is 16.9 Å². The number of aliphatic hydroxyl groups is 2. The molecule has 2 aliphatic rings. The lowest BCUT2D eigenvalue weighted by atomic mass is 9.80. The normalized spacial score (nSPS) is 29.5. The SMILES string of the molecule is OC1CCCC(c2ccc(SC(F)(F)F)c3c2CC(F)(F)C3O)C1. The first-order chi connectivity index (χ1) is 11.1. The van der Waals surface area contributed by atoms with E-state index in [1.807, 2.05) is 0 Å². The molecule has 2 aliphatic carbocycles. The van der Waals surface area contributed by atoms with E-state index in [1.165, 1.54) is 6.07 Å². The molecule has 3 atom stereocenters. The van der Waals surface area contributed by atoms with Crippen molar-refractivity contribution >= 4 is 11.8 Å². The quantitative estimate of drug-likeness (QED) is 0.595. The highest BCUT2D eigenvalue weighted by molar-refractivity contribution is 8.00. The third kappa shape index (κ3) is 3.41. The van der Waals surface area contributed by atoms with Gasteiger partial charge in [0.25, 0.3) is 5.92 Å². The number of rotatable bonds is 2. The summed E-state index contributed by atoms with van der Waals surface area (Å²) in [6.07, 6.45) is -1.06. The van der Waals surface area contributed by atoms with Crippen LogP contribution in [0.5, 0.6) is 0 Å². The van der Waals surface area contributed by atoms with Crippen LogP contribution in [-0.2, 0) is 6.42 Å². The molecule has 8 heteroatoms. The van der Waals surface area contributed by atoms with Gasteiger partial charge in [-0.25, -0.2) is 8.78 Å². The molecular weight excluding hydrogens is 351 g/mol. The third-order valence-electron chi connectivity index (χ3n) is 4.75. The first-order valence-electron chi connectivity index (χ1n) is 7.74. The summed E-state index contributed by atoms with van der Waals surface area (Å²) in [7, 11) is 0. The highest BCUT2D eigenvalue weighted by Crippen LogP contribution is 2.52. The largest absolute Gasteiger partial charge is 0.446 e. The zero-order chi connectivity index (χ0) is 17.7. The number of halogens is 5. The fourth-order valence-electron chi connectivity index (χ4n) is 3.74. The highest BCUT2D eigenvalue weighted by atomic mass is 32.2. The van der Waals surface area contributed by atoms with Gasteiger partial charge in [0.15, 0.2) is 0 Å². The first kappa shape index (κ1) is 17.9. The van der Waals surface area contributed by atoms with E-state index >= 15 is 0 Å². The lowest BCUT2D eigenvalue weighted by Gasteiger charge is -2.28. The van der Waals surface area contributed by atoms with Crippen LogP contribution < -0.4 is 0 Å². The summed E-state index contributed by atoms with van der Waals surface area (Å²) in [5, 5.41) is 19.7. The summed E-state index contributed by atoms with van der Waals surface area (Å²) in [4.78, 5) is -0.373. The van der Waals surface area contributed by atoms with Crippen LogP contribution in [0.2, 0.25) is 0 Å². The molecular formula is C16H17F5O2S. The second-order valence-electron chi connectivity index (χ2n) is 6.45. The van der Waals surface area contributed by atoms with Crippen molar-refractivity contribution in [3.8, 4) is 0 Å². The molecule has 0 saturated heterocycles. The summed E-state index contributed by atoms with van der Waals surface area (Å²) in [5.74, 6) is -3.65. The number of fused-ring (bicyclic) bond motifs is 1. The van der Waals surface area contributed by atoms with E-state index in [0.717, 1.165) is 12.5 Å². The fraction of sp³-hybridized carbons (Fsp3) is 0.625. The Hall–Kier alpha value is -0.860. The number of hydrogen-bond donors (Lipinski definition) is 2. The predicted octanol–water partition coefficient (Wildman–Crippen LogP) is 4.54. The minimum atomic E-state index is -4.62. The average molecular weight is 368 g/mol. The summed E-state index contributed by atoms with van der Waals surface area (Å²) in [6, 6.07) is 2.61. The maximum Gasteiger partial charge on any atom is 0.446 e. The molecule has 3 rings (SSSR count). The number of aliphatic hydroxyl groups excluding tert-OH is 2. The van der Waals surface area contributed by atoms with Gasteiger partial charge in [0.1, 0.15) is 6.10 Å². The molecule has 0 heterocycles. The molecule has 1 aromatic rings. The van der Waals surface area contributed by atoms with Crippen LogP contribution in [0.25, 0.3) is 0 Å². The lowest BCUT2D eigenvalue weighted by molar-refractivity contribution is -0.0977. The maximum atomic E-state index is 14.0. The van der Waals surface area contributed by atoms with Gasteiger partial charge in [0.2, 0.25) is 0 Å². The smallest absolute Gasteiger partial charge is 0.393 e. The molecule has 0 aromatic heterocycles. The van der Waals surface area contributed by atoms with Crippen molar-refractivity contribution in [3.05, 3.63) is 28.8 Å². The summed E-state index contributed by atoms with van der Waals surface area (Å²) in [5.41, 5.74) is -4.28. The molecule has 2 nitrogen and oxygen atoms in total. The fourth-order valence-corrected chi connectivity index (χ4v) is 4.47. The van der Waals surface area contributed by atoms with Crippen LogP contribution in [-0.4, -0.2) is 27.7 Å². The minimum absolute atomic E-state index is 0.112. The Balaban J connectivity index is 2.05. The topological polar surface area (TPSA) is 40.5 Å². The van der Waals surface area contributed by atoms with Gasteiger partial charge in [-0.05, 0) is 54.1 Å². The van der Waals surface area contributed by atoms with Crippen LogP contribution in [0, 0.1) is 0 Å². The monoisotopic (exact) mass is 368 g/mol. The van der Waals surface area contributed by atoms with Gasteiger partial charge in [-0.3, -0.25) is 0 Å². The zero-order valence-electron chi connectivity index (χ0n) is 12.6. The molecule has 1 fully saturated rings. The van der Waals surface area contributed by atoms with Gasteiger partial charge in [0.05, 0.1) is 6.10 Å². The van der Waals surface area contributed by atoms with Gasteiger partial charge in [-0.2, -0.15) is 13.2 Å². The van der Waals surface area contributed by atoms with Crippen LogP contribution in [0.15, 0.2) is 17.0 Å². The molecule has 2 N–H and O–H groups in total. The molecule has 0 spiro atoms. The molecule has 24 heavy (non-hydrogen) atoms. The number of alkyl halides is 5. The molecule has 134 valence electrons. The Morgan fingerprint density at radius 3 is 2.46 bits per heavy atom.